The lowest BCUT2D eigenvalue weighted by Crippen LogP contribution is -2.43. The number of anilines is 1. The van der Waals surface area contributed by atoms with Gasteiger partial charge in [-0.1, -0.05) is 0 Å². The fraction of sp³-hybridized carbons (Fsp3) is 0.467. The van der Waals surface area contributed by atoms with Crippen LogP contribution in [0.1, 0.15) is 34.1 Å². The molecule has 2 unspecified atom stereocenters. The van der Waals surface area contributed by atoms with Crippen LogP contribution in [0.5, 0.6) is 0 Å². The van der Waals surface area contributed by atoms with Gasteiger partial charge in [0.2, 0.25) is 0 Å². The van der Waals surface area contributed by atoms with Gasteiger partial charge in [-0.3, -0.25) is 14.9 Å². The molecule has 6 nitrogen and oxygen atoms in total. The van der Waals surface area contributed by atoms with E-state index in [4.69, 9.17) is 4.74 Å². The molecular weight excluding hydrogens is 270 g/mol. The second kappa shape index (κ2) is 5.83. The number of hydrogen-bond acceptors (Lipinski definition) is 5. The zero-order valence-electron chi connectivity index (χ0n) is 11.9. The molecule has 0 aromatic heterocycles. The lowest BCUT2D eigenvalue weighted by molar-refractivity contribution is 0.0731. The maximum atomic E-state index is 11.6. The van der Waals surface area contributed by atoms with Crippen molar-refractivity contribution in [1.29, 1.82) is 0 Å². The Labute approximate surface area is 123 Å². The number of imide groups is 1. The summed E-state index contributed by atoms with van der Waals surface area (Å²) >= 11 is 0. The first-order valence-corrected chi connectivity index (χ1v) is 7.21. The van der Waals surface area contributed by atoms with Gasteiger partial charge in [-0.05, 0) is 31.5 Å². The number of ether oxygens (including phenoxy) is 1. The highest BCUT2D eigenvalue weighted by atomic mass is 16.5. The van der Waals surface area contributed by atoms with Gasteiger partial charge in [0.1, 0.15) is 0 Å². The molecule has 6 heteroatoms. The number of nitrogens with one attached hydrogen (secondary N) is 3. The Morgan fingerprint density at radius 1 is 1.33 bits per heavy atom. The smallest absolute Gasteiger partial charge is 0.259 e. The maximum Gasteiger partial charge on any atom is 0.259 e. The molecule has 0 spiro atoms. The predicted octanol–water partition coefficient (Wildman–Crippen LogP) is 0.749. The van der Waals surface area contributed by atoms with Crippen molar-refractivity contribution in [3.63, 3.8) is 0 Å². The number of hydrogen-bond donors (Lipinski definition) is 3. The molecule has 0 aliphatic carbocycles. The quantitative estimate of drug-likeness (QED) is 0.713. The predicted molar refractivity (Wildman–Crippen MR) is 78.6 cm³/mol. The maximum absolute atomic E-state index is 11.6. The molecule has 2 amide bonds. The second-order valence-corrected chi connectivity index (χ2v) is 5.55. The van der Waals surface area contributed by atoms with E-state index in [1.165, 1.54) is 0 Å². The van der Waals surface area contributed by atoms with Crippen molar-refractivity contribution < 1.29 is 14.3 Å². The summed E-state index contributed by atoms with van der Waals surface area (Å²) in [5.41, 5.74) is 1.74. The molecule has 1 aromatic rings. The Morgan fingerprint density at radius 3 is 2.90 bits per heavy atom. The van der Waals surface area contributed by atoms with Crippen molar-refractivity contribution in [2.24, 2.45) is 0 Å². The Hall–Kier alpha value is -1.92. The summed E-state index contributed by atoms with van der Waals surface area (Å²) < 4.78 is 5.44. The van der Waals surface area contributed by atoms with Gasteiger partial charge in [0.25, 0.3) is 11.8 Å². The zero-order valence-corrected chi connectivity index (χ0v) is 11.9. The van der Waals surface area contributed by atoms with E-state index in [1.54, 1.807) is 12.1 Å². The Bertz CT molecular complexity index is 567. The van der Waals surface area contributed by atoms with Gasteiger partial charge in [0.15, 0.2) is 0 Å². The topological polar surface area (TPSA) is 79.5 Å². The summed E-state index contributed by atoms with van der Waals surface area (Å²) in [5.74, 6) is -0.646. The minimum Gasteiger partial charge on any atom is -0.383 e. The van der Waals surface area contributed by atoms with Crippen LogP contribution < -0.4 is 16.0 Å². The van der Waals surface area contributed by atoms with Crippen LogP contribution in [0.3, 0.4) is 0 Å². The van der Waals surface area contributed by atoms with E-state index in [9.17, 15) is 9.59 Å². The molecule has 2 aliphatic heterocycles. The van der Waals surface area contributed by atoms with E-state index in [2.05, 4.69) is 22.9 Å². The molecule has 112 valence electrons. The van der Waals surface area contributed by atoms with Gasteiger partial charge in [0.05, 0.1) is 24.3 Å². The molecule has 3 N–H and O–H groups in total. The fourth-order valence-corrected chi connectivity index (χ4v) is 2.80. The minimum absolute atomic E-state index is 0.238. The van der Waals surface area contributed by atoms with Crippen LogP contribution in [-0.2, 0) is 4.74 Å². The van der Waals surface area contributed by atoms with Crippen molar-refractivity contribution in [2.45, 2.75) is 25.4 Å². The molecule has 1 aromatic carbocycles. The molecule has 3 rings (SSSR count). The average molecular weight is 289 g/mol. The van der Waals surface area contributed by atoms with Gasteiger partial charge in [-0.2, -0.15) is 0 Å². The summed E-state index contributed by atoms with van der Waals surface area (Å²) in [5, 5.41) is 9.08. The first-order valence-electron chi connectivity index (χ1n) is 7.21. The van der Waals surface area contributed by atoms with Gasteiger partial charge in [0, 0.05) is 24.3 Å². The number of fused-ring (bicyclic) bond motifs is 1. The van der Waals surface area contributed by atoms with Crippen LogP contribution in [0.15, 0.2) is 18.2 Å². The minimum atomic E-state index is -0.325. The molecule has 1 saturated heterocycles. The van der Waals surface area contributed by atoms with Gasteiger partial charge < -0.3 is 15.4 Å². The summed E-state index contributed by atoms with van der Waals surface area (Å²) in [6.07, 6.45) is 0.933. The first kappa shape index (κ1) is 14.0. The number of carbonyl (C=O) groups is 2. The molecule has 0 saturated carbocycles. The highest BCUT2D eigenvalue weighted by Crippen LogP contribution is 2.21. The number of morpholine rings is 1. The largest absolute Gasteiger partial charge is 0.383 e. The van der Waals surface area contributed by atoms with E-state index in [0.29, 0.717) is 17.2 Å². The van der Waals surface area contributed by atoms with Crippen LogP contribution in [-0.4, -0.2) is 43.7 Å². The molecule has 21 heavy (non-hydrogen) atoms. The normalized spacial score (nSPS) is 22.6. The summed E-state index contributed by atoms with van der Waals surface area (Å²) in [6.45, 7) is 4.48. The van der Waals surface area contributed by atoms with Crippen LogP contribution in [0.25, 0.3) is 0 Å². The van der Waals surface area contributed by atoms with Crippen molar-refractivity contribution >= 4 is 17.5 Å². The Balaban J connectivity index is 1.64. The molecule has 2 aliphatic rings. The van der Waals surface area contributed by atoms with E-state index >= 15 is 0 Å². The van der Waals surface area contributed by atoms with E-state index < -0.39 is 0 Å². The van der Waals surface area contributed by atoms with E-state index in [-0.39, 0.29) is 17.9 Å². The average Bonchev–Trinajstić information content (AvgIpc) is 2.74. The number of amides is 2. The van der Waals surface area contributed by atoms with E-state index in [0.717, 1.165) is 31.9 Å². The number of carbonyl (C=O) groups excluding carboxylic acids is 2. The van der Waals surface area contributed by atoms with Crippen LogP contribution >= 0.6 is 0 Å². The SMILES string of the molecule is CC(CC1COCCN1)Nc1ccc2c(c1)C(=O)NC2=O. The third kappa shape index (κ3) is 3.06. The first-order chi connectivity index (χ1) is 10.1. The van der Waals surface area contributed by atoms with Gasteiger partial charge in [-0.15, -0.1) is 0 Å². The van der Waals surface area contributed by atoms with Crippen LogP contribution in [0, 0.1) is 0 Å². The Kier molecular flexibility index (Phi) is 3.90. The number of benzene rings is 1. The highest BCUT2D eigenvalue weighted by molar-refractivity contribution is 6.21. The lowest BCUT2D eigenvalue weighted by Gasteiger charge is -2.27. The lowest BCUT2D eigenvalue weighted by atomic mass is 10.1. The van der Waals surface area contributed by atoms with Crippen molar-refractivity contribution in [1.82, 2.24) is 10.6 Å². The zero-order chi connectivity index (χ0) is 14.8. The fourth-order valence-electron chi connectivity index (χ4n) is 2.80. The Morgan fingerprint density at radius 2 is 2.14 bits per heavy atom. The summed E-state index contributed by atoms with van der Waals surface area (Å²) in [7, 11) is 0. The summed E-state index contributed by atoms with van der Waals surface area (Å²) in [4.78, 5) is 23.1. The van der Waals surface area contributed by atoms with Crippen molar-refractivity contribution in [3.05, 3.63) is 29.3 Å². The van der Waals surface area contributed by atoms with Crippen LogP contribution in [0.2, 0.25) is 0 Å². The van der Waals surface area contributed by atoms with Gasteiger partial charge >= 0.3 is 0 Å². The number of rotatable bonds is 4. The van der Waals surface area contributed by atoms with Crippen molar-refractivity contribution in [3.8, 4) is 0 Å². The molecule has 2 heterocycles. The molecule has 2 atom stereocenters. The molecular formula is C15H19N3O3. The standard InChI is InChI=1S/C15H19N3O3/c1-9(6-11-8-21-5-4-16-11)17-10-2-3-12-13(7-10)15(20)18-14(12)19/h2-3,7,9,11,16-17H,4-6,8H2,1H3,(H,18,19,20). The molecule has 0 radical (unpaired) electrons. The van der Waals surface area contributed by atoms with Crippen LogP contribution in [0.4, 0.5) is 5.69 Å². The monoisotopic (exact) mass is 289 g/mol. The highest BCUT2D eigenvalue weighted by Gasteiger charge is 2.26. The molecule has 0 bridgehead atoms. The third-order valence-corrected chi connectivity index (χ3v) is 3.79. The molecule has 1 fully saturated rings. The van der Waals surface area contributed by atoms with E-state index in [1.807, 2.05) is 6.07 Å². The van der Waals surface area contributed by atoms with Crippen molar-refractivity contribution in [2.75, 3.05) is 25.1 Å². The third-order valence-electron chi connectivity index (χ3n) is 3.79. The second-order valence-electron chi connectivity index (χ2n) is 5.55. The summed E-state index contributed by atoms with van der Waals surface area (Å²) in [6, 6.07) is 5.84. The van der Waals surface area contributed by atoms with Gasteiger partial charge in [-0.25, -0.2) is 0 Å².